The maximum absolute atomic E-state index is 5.54. The quantitative estimate of drug-likeness (QED) is 0.347. The lowest BCUT2D eigenvalue weighted by Gasteiger charge is -2.00. The molecule has 0 bridgehead atoms. The Labute approximate surface area is 161 Å². The minimum Gasteiger partial charge on any atom is -0.365 e. The lowest BCUT2D eigenvalue weighted by atomic mass is 10.0. The molecule has 2 heteroatoms. The Hall–Kier alpha value is -0.600. The Morgan fingerprint density at radius 3 is 1.31 bits per heavy atom. The molecule has 0 amide bonds. The highest BCUT2D eigenvalue weighted by Gasteiger charge is 2.35. The van der Waals surface area contributed by atoms with E-state index in [-0.39, 0.29) is 0 Å². The summed E-state index contributed by atoms with van der Waals surface area (Å²) in [6, 6.07) is 0. The highest BCUT2D eigenvalue weighted by molar-refractivity contribution is 5.03. The van der Waals surface area contributed by atoms with Crippen LogP contribution in [0.25, 0.3) is 0 Å². The van der Waals surface area contributed by atoms with Crippen molar-refractivity contribution in [1.29, 1.82) is 0 Å². The smallest absolute Gasteiger partial charge is 0.102 e. The zero-order valence-electron chi connectivity index (χ0n) is 16.7. The van der Waals surface area contributed by atoms with E-state index in [4.69, 9.17) is 9.47 Å². The van der Waals surface area contributed by atoms with Crippen molar-refractivity contribution in [3.05, 3.63) is 24.3 Å². The van der Waals surface area contributed by atoms with Gasteiger partial charge in [0.05, 0.1) is 12.2 Å². The first kappa shape index (κ1) is 20.1. The van der Waals surface area contributed by atoms with Crippen molar-refractivity contribution in [3.63, 3.8) is 0 Å². The van der Waals surface area contributed by atoms with Crippen LogP contribution in [0.5, 0.6) is 0 Å². The van der Waals surface area contributed by atoms with Gasteiger partial charge in [-0.2, -0.15) is 0 Å². The lowest BCUT2D eigenvalue weighted by Crippen LogP contribution is -1.92. The van der Waals surface area contributed by atoms with Gasteiger partial charge in [0.15, 0.2) is 0 Å². The standard InChI is InChI=1S/2C12H20O/c2*1-2-4-6-8-10-12-11(13-12)9-7-5-3-1/h2*7,9,11-12H,1-6,8,10H2/b9-7+;9-7-. The molecule has 0 aromatic carbocycles. The summed E-state index contributed by atoms with van der Waals surface area (Å²) in [5, 5.41) is 0. The van der Waals surface area contributed by atoms with Crippen LogP contribution in [0.4, 0.5) is 0 Å². The van der Waals surface area contributed by atoms with Crippen LogP contribution >= 0.6 is 0 Å². The van der Waals surface area contributed by atoms with Gasteiger partial charge in [-0.3, -0.25) is 0 Å². The first-order valence-corrected chi connectivity index (χ1v) is 11.6. The van der Waals surface area contributed by atoms with Crippen LogP contribution in [-0.4, -0.2) is 24.4 Å². The number of rotatable bonds is 0. The van der Waals surface area contributed by atoms with E-state index in [0.29, 0.717) is 24.4 Å². The van der Waals surface area contributed by atoms with Gasteiger partial charge in [0.2, 0.25) is 0 Å². The molecular formula is C24H40O2. The van der Waals surface area contributed by atoms with E-state index < -0.39 is 0 Å². The van der Waals surface area contributed by atoms with Gasteiger partial charge in [-0.05, 0) is 38.5 Å². The third kappa shape index (κ3) is 8.39. The molecule has 0 spiro atoms. The highest BCUT2D eigenvalue weighted by atomic mass is 16.6. The summed E-state index contributed by atoms with van der Waals surface area (Å²) in [5.41, 5.74) is 0. The molecule has 4 unspecified atom stereocenters. The molecule has 0 saturated carbocycles. The molecule has 2 aliphatic heterocycles. The third-order valence-corrected chi connectivity index (χ3v) is 6.11. The van der Waals surface area contributed by atoms with Gasteiger partial charge < -0.3 is 9.47 Å². The molecule has 4 rings (SSSR count). The van der Waals surface area contributed by atoms with Crippen LogP contribution < -0.4 is 0 Å². The largest absolute Gasteiger partial charge is 0.365 e. The predicted octanol–water partition coefficient (Wildman–Crippen LogP) is 6.89. The van der Waals surface area contributed by atoms with Crippen molar-refractivity contribution in [2.45, 2.75) is 127 Å². The average Bonchev–Trinajstić information content (AvgIpc) is 3.53. The molecule has 26 heavy (non-hydrogen) atoms. The Bertz CT molecular complexity index is 388. The summed E-state index contributed by atoms with van der Waals surface area (Å²) < 4.78 is 11.1. The zero-order valence-corrected chi connectivity index (χ0v) is 16.7. The second-order valence-electron chi connectivity index (χ2n) is 8.53. The summed E-state index contributed by atoms with van der Waals surface area (Å²) in [4.78, 5) is 0. The normalized spacial score (nSPS) is 38.2. The van der Waals surface area contributed by atoms with Crippen molar-refractivity contribution in [3.8, 4) is 0 Å². The van der Waals surface area contributed by atoms with Crippen LogP contribution in [0, 0.1) is 0 Å². The summed E-state index contributed by atoms with van der Waals surface area (Å²) in [7, 11) is 0. The summed E-state index contributed by atoms with van der Waals surface area (Å²) >= 11 is 0. The summed E-state index contributed by atoms with van der Waals surface area (Å²) in [5.74, 6) is 0. The van der Waals surface area contributed by atoms with E-state index in [1.807, 2.05) is 0 Å². The average molecular weight is 361 g/mol. The third-order valence-electron chi connectivity index (χ3n) is 6.11. The van der Waals surface area contributed by atoms with Gasteiger partial charge in [-0.15, -0.1) is 0 Å². The van der Waals surface area contributed by atoms with Crippen molar-refractivity contribution >= 4 is 0 Å². The molecule has 2 nitrogen and oxygen atoms in total. The number of ether oxygens (including phenoxy) is 2. The number of hydrogen-bond acceptors (Lipinski definition) is 2. The fourth-order valence-corrected chi connectivity index (χ4v) is 4.21. The monoisotopic (exact) mass is 360 g/mol. The van der Waals surface area contributed by atoms with Gasteiger partial charge in [0.1, 0.15) is 12.2 Å². The number of epoxide rings is 2. The molecule has 4 aliphatic rings. The van der Waals surface area contributed by atoms with Gasteiger partial charge in [-0.1, -0.05) is 88.5 Å². The Kier molecular flexibility index (Phi) is 9.28. The number of fused-ring (bicyclic) bond motifs is 2. The second-order valence-corrected chi connectivity index (χ2v) is 8.53. The van der Waals surface area contributed by atoms with Gasteiger partial charge in [0, 0.05) is 0 Å². The van der Waals surface area contributed by atoms with Crippen molar-refractivity contribution in [2.75, 3.05) is 0 Å². The molecule has 2 aliphatic carbocycles. The van der Waals surface area contributed by atoms with Gasteiger partial charge in [-0.25, -0.2) is 0 Å². The Morgan fingerprint density at radius 2 is 0.846 bits per heavy atom. The number of allylic oxidation sites excluding steroid dienone is 2. The first-order valence-electron chi connectivity index (χ1n) is 11.6. The molecule has 0 N–H and O–H groups in total. The summed E-state index contributed by atoms with van der Waals surface area (Å²) in [6.45, 7) is 0. The minimum absolute atomic E-state index is 0.486. The van der Waals surface area contributed by atoms with E-state index in [9.17, 15) is 0 Å². The van der Waals surface area contributed by atoms with Crippen LogP contribution in [-0.2, 0) is 9.47 Å². The molecule has 2 fully saturated rings. The van der Waals surface area contributed by atoms with E-state index in [1.165, 1.54) is 103 Å². The topological polar surface area (TPSA) is 25.1 Å². The fourth-order valence-electron chi connectivity index (χ4n) is 4.21. The van der Waals surface area contributed by atoms with Crippen molar-refractivity contribution in [2.24, 2.45) is 0 Å². The molecule has 0 aromatic rings. The summed E-state index contributed by atoms with van der Waals surface area (Å²) in [6.07, 6.45) is 33.2. The highest BCUT2D eigenvalue weighted by Crippen LogP contribution is 2.30. The SMILES string of the molecule is C1=C/C2OC2CCCCCCCC/1.C1=C\C2OC2CCCCCCCC/1. The molecular weight excluding hydrogens is 320 g/mol. The van der Waals surface area contributed by atoms with Crippen molar-refractivity contribution in [1.82, 2.24) is 0 Å². The lowest BCUT2D eigenvalue weighted by molar-refractivity contribution is 0.372. The van der Waals surface area contributed by atoms with E-state index >= 15 is 0 Å². The molecule has 0 aromatic heterocycles. The molecule has 0 radical (unpaired) electrons. The second kappa shape index (κ2) is 12.0. The zero-order chi connectivity index (χ0) is 17.9. The van der Waals surface area contributed by atoms with Crippen LogP contribution in [0.15, 0.2) is 24.3 Å². The maximum atomic E-state index is 5.54. The molecule has 4 atom stereocenters. The van der Waals surface area contributed by atoms with E-state index in [1.54, 1.807) is 0 Å². The molecule has 148 valence electrons. The van der Waals surface area contributed by atoms with Gasteiger partial charge in [0.25, 0.3) is 0 Å². The molecule has 2 saturated heterocycles. The van der Waals surface area contributed by atoms with Crippen LogP contribution in [0.1, 0.15) is 103 Å². The Morgan fingerprint density at radius 1 is 0.462 bits per heavy atom. The van der Waals surface area contributed by atoms with Crippen LogP contribution in [0.2, 0.25) is 0 Å². The first-order chi connectivity index (χ1) is 12.9. The number of hydrogen-bond donors (Lipinski definition) is 0. The molecule has 2 heterocycles. The maximum Gasteiger partial charge on any atom is 0.102 e. The minimum atomic E-state index is 0.486. The predicted molar refractivity (Wildman–Crippen MR) is 109 cm³/mol. The Balaban J connectivity index is 0.000000151. The van der Waals surface area contributed by atoms with Crippen molar-refractivity contribution < 1.29 is 9.47 Å². The fraction of sp³-hybridized carbons (Fsp3) is 0.833. The van der Waals surface area contributed by atoms with Gasteiger partial charge >= 0.3 is 0 Å². The van der Waals surface area contributed by atoms with E-state index in [2.05, 4.69) is 24.3 Å². The van der Waals surface area contributed by atoms with E-state index in [0.717, 1.165) is 0 Å². The van der Waals surface area contributed by atoms with Crippen LogP contribution in [0.3, 0.4) is 0 Å².